The Balaban J connectivity index is 2.33. The zero-order valence-corrected chi connectivity index (χ0v) is 10.4. The Morgan fingerprint density at radius 2 is 2.00 bits per heavy atom. The third-order valence-electron chi connectivity index (χ3n) is 3.79. The lowest BCUT2D eigenvalue weighted by atomic mass is 9.75. The molecule has 0 radical (unpaired) electrons. The maximum absolute atomic E-state index is 14.1. The summed E-state index contributed by atoms with van der Waals surface area (Å²) in [6.45, 7) is 2.17. The molecule has 1 N–H and O–H groups in total. The smallest absolute Gasteiger partial charge is 0.171 e. The van der Waals surface area contributed by atoms with Crippen LogP contribution in [0.2, 0.25) is 0 Å². The number of halogens is 1. The fraction of sp³-hybridized carbons (Fsp3) is 0.571. The summed E-state index contributed by atoms with van der Waals surface area (Å²) < 4.78 is 19.1. The average Bonchev–Trinajstić information content (AvgIpc) is 2.33. The van der Waals surface area contributed by atoms with E-state index in [9.17, 15) is 9.50 Å². The predicted octanol–water partition coefficient (Wildman–Crippen LogP) is 3.23. The minimum absolute atomic E-state index is 0.203. The quantitative estimate of drug-likeness (QED) is 0.857. The van der Waals surface area contributed by atoms with Crippen LogP contribution >= 0.6 is 0 Å². The number of hydrogen-bond acceptors (Lipinski definition) is 2. The van der Waals surface area contributed by atoms with Crippen molar-refractivity contribution in [2.75, 3.05) is 7.11 Å². The second kappa shape index (κ2) is 4.65. The highest BCUT2D eigenvalue weighted by Gasteiger charge is 2.36. The van der Waals surface area contributed by atoms with Crippen LogP contribution in [0.3, 0.4) is 0 Å². The first-order valence-electron chi connectivity index (χ1n) is 6.12. The first kappa shape index (κ1) is 12.4. The molecule has 17 heavy (non-hydrogen) atoms. The van der Waals surface area contributed by atoms with E-state index in [0.717, 1.165) is 12.8 Å². The van der Waals surface area contributed by atoms with Crippen LogP contribution in [0.1, 0.15) is 38.2 Å². The van der Waals surface area contributed by atoms with Gasteiger partial charge in [-0.2, -0.15) is 0 Å². The SMILES string of the molecule is COc1cccc(C2(O)CCC(C)CC2)c1F. The Bertz CT molecular complexity index is 395. The molecular weight excluding hydrogens is 219 g/mol. The van der Waals surface area contributed by atoms with Crippen molar-refractivity contribution in [3.8, 4) is 5.75 Å². The van der Waals surface area contributed by atoms with E-state index in [4.69, 9.17) is 4.74 Å². The maximum Gasteiger partial charge on any atom is 0.171 e. The lowest BCUT2D eigenvalue weighted by molar-refractivity contribution is -0.0152. The van der Waals surface area contributed by atoms with Crippen molar-refractivity contribution in [2.45, 2.75) is 38.2 Å². The summed E-state index contributed by atoms with van der Waals surface area (Å²) >= 11 is 0. The molecule has 1 aromatic carbocycles. The summed E-state index contributed by atoms with van der Waals surface area (Å²) in [6, 6.07) is 4.97. The highest BCUT2D eigenvalue weighted by Crippen LogP contribution is 2.41. The van der Waals surface area contributed by atoms with E-state index in [1.54, 1.807) is 18.2 Å². The molecule has 0 atom stereocenters. The minimum Gasteiger partial charge on any atom is -0.494 e. The molecule has 1 fully saturated rings. The van der Waals surface area contributed by atoms with Crippen LogP contribution < -0.4 is 4.74 Å². The highest BCUT2D eigenvalue weighted by molar-refractivity contribution is 5.35. The zero-order chi connectivity index (χ0) is 12.5. The van der Waals surface area contributed by atoms with Crippen molar-refractivity contribution in [3.05, 3.63) is 29.6 Å². The van der Waals surface area contributed by atoms with E-state index in [2.05, 4.69) is 6.92 Å². The van der Waals surface area contributed by atoms with Gasteiger partial charge in [-0.15, -0.1) is 0 Å². The van der Waals surface area contributed by atoms with Crippen LogP contribution in [-0.4, -0.2) is 12.2 Å². The van der Waals surface area contributed by atoms with Crippen molar-refractivity contribution in [2.24, 2.45) is 5.92 Å². The first-order chi connectivity index (χ1) is 8.07. The molecule has 0 bridgehead atoms. The number of aliphatic hydroxyl groups is 1. The van der Waals surface area contributed by atoms with E-state index < -0.39 is 11.4 Å². The van der Waals surface area contributed by atoms with Gasteiger partial charge in [0.15, 0.2) is 11.6 Å². The van der Waals surface area contributed by atoms with E-state index in [1.807, 2.05) is 0 Å². The molecule has 3 heteroatoms. The van der Waals surface area contributed by atoms with Gasteiger partial charge in [0.05, 0.1) is 12.7 Å². The lowest BCUT2D eigenvalue weighted by Crippen LogP contribution is -2.31. The van der Waals surface area contributed by atoms with E-state index in [-0.39, 0.29) is 5.75 Å². The summed E-state index contributed by atoms with van der Waals surface area (Å²) in [5.41, 5.74) is -0.644. The van der Waals surface area contributed by atoms with Crippen LogP contribution in [-0.2, 0) is 5.60 Å². The van der Waals surface area contributed by atoms with Gasteiger partial charge >= 0.3 is 0 Å². The molecule has 1 saturated carbocycles. The molecule has 1 aliphatic carbocycles. The van der Waals surface area contributed by atoms with Crippen LogP contribution in [0, 0.1) is 11.7 Å². The normalized spacial score (nSPS) is 29.1. The summed E-state index contributed by atoms with van der Waals surface area (Å²) in [7, 11) is 1.44. The highest BCUT2D eigenvalue weighted by atomic mass is 19.1. The summed E-state index contributed by atoms with van der Waals surface area (Å²) in [6.07, 6.45) is 3.12. The maximum atomic E-state index is 14.1. The summed E-state index contributed by atoms with van der Waals surface area (Å²) in [4.78, 5) is 0. The Morgan fingerprint density at radius 3 is 2.59 bits per heavy atom. The third-order valence-corrected chi connectivity index (χ3v) is 3.79. The van der Waals surface area contributed by atoms with Crippen LogP contribution in [0.5, 0.6) is 5.75 Å². The molecular formula is C14H19FO2. The molecule has 0 saturated heterocycles. The number of ether oxygens (including phenoxy) is 1. The van der Waals surface area contributed by atoms with Crippen molar-refractivity contribution in [3.63, 3.8) is 0 Å². The molecule has 2 rings (SSSR count). The van der Waals surface area contributed by atoms with E-state index >= 15 is 0 Å². The van der Waals surface area contributed by atoms with Gasteiger partial charge < -0.3 is 9.84 Å². The van der Waals surface area contributed by atoms with Crippen LogP contribution in [0.15, 0.2) is 18.2 Å². The van der Waals surface area contributed by atoms with Gasteiger partial charge in [-0.25, -0.2) is 4.39 Å². The molecule has 0 unspecified atom stereocenters. The number of benzene rings is 1. The number of hydrogen-bond donors (Lipinski definition) is 1. The van der Waals surface area contributed by atoms with Gasteiger partial charge in [-0.05, 0) is 37.7 Å². The average molecular weight is 238 g/mol. The third kappa shape index (κ3) is 2.29. The summed E-state index contributed by atoms with van der Waals surface area (Å²) in [5.74, 6) is 0.394. The molecule has 94 valence electrons. The monoisotopic (exact) mass is 238 g/mol. The minimum atomic E-state index is -1.02. The molecule has 1 aromatic rings. The lowest BCUT2D eigenvalue weighted by Gasteiger charge is -2.35. The van der Waals surface area contributed by atoms with E-state index in [0.29, 0.717) is 24.3 Å². The van der Waals surface area contributed by atoms with Gasteiger partial charge in [0.1, 0.15) is 0 Å². The molecule has 0 aromatic heterocycles. The zero-order valence-electron chi connectivity index (χ0n) is 10.4. The molecule has 0 amide bonds. The van der Waals surface area contributed by atoms with Crippen LogP contribution in [0.25, 0.3) is 0 Å². The molecule has 0 aliphatic heterocycles. The Labute approximate surface area is 101 Å². The second-order valence-electron chi connectivity index (χ2n) is 5.04. The van der Waals surface area contributed by atoms with Gasteiger partial charge in [0.25, 0.3) is 0 Å². The molecule has 1 aliphatic rings. The van der Waals surface area contributed by atoms with Crippen molar-refractivity contribution < 1.29 is 14.2 Å². The van der Waals surface area contributed by atoms with Crippen molar-refractivity contribution in [1.82, 2.24) is 0 Å². The largest absolute Gasteiger partial charge is 0.494 e. The number of methoxy groups -OCH3 is 1. The second-order valence-corrected chi connectivity index (χ2v) is 5.04. The Kier molecular flexibility index (Phi) is 3.38. The molecule has 2 nitrogen and oxygen atoms in total. The Morgan fingerprint density at radius 1 is 1.35 bits per heavy atom. The predicted molar refractivity (Wildman–Crippen MR) is 64.5 cm³/mol. The first-order valence-corrected chi connectivity index (χ1v) is 6.12. The molecule has 0 spiro atoms. The van der Waals surface area contributed by atoms with Crippen LogP contribution in [0.4, 0.5) is 4.39 Å². The van der Waals surface area contributed by atoms with Gasteiger partial charge in [0, 0.05) is 5.56 Å². The fourth-order valence-corrected chi connectivity index (χ4v) is 2.54. The standard InChI is InChI=1S/C14H19FO2/c1-10-6-8-14(16,9-7-10)11-4-3-5-12(17-2)13(11)15/h3-5,10,16H,6-9H2,1-2H3. The topological polar surface area (TPSA) is 29.5 Å². The fourth-order valence-electron chi connectivity index (χ4n) is 2.54. The molecule has 0 heterocycles. The van der Waals surface area contributed by atoms with Crippen molar-refractivity contribution in [1.29, 1.82) is 0 Å². The number of rotatable bonds is 2. The van der Waals surface area contributed by atoms with Gasteiger partial charge in [0.2, 0.25) is 0 Å². The Hall–Kier alpha value is -1.09. The van der Waals surface area contributed by atoms with E-state index in [1.165, 1.54) is 7.11 Å². The summed E-state index contributed by atoms with van der Waals surface area (Å²) in [5, 5.41) is 10.6. The van der Waals surface area contributed by atoms with Gasteiger partial charge in [-0.3, -0.25) is 0 Å². The van der Waals surface area contributed by atoms with Crippen molar-refractivity contribution >= 4 is 0 Å². The van der Waals surface area contributed by atoms with Gasteiger partial charge in [-0.1, -0.05) is 19.1 Å².